The van der Waals surface area contributed by atoms with E-state index in [0.717, 1.165) is 17.3 Å². The smallest absolute Gasteiger partial charge is 0.113 e. The third-order valence-electron chi connectivity index (χ3n) is 2.51. The van der Waals surface area contributed by atoms with Crippen LogP contribution in [0.1, 0.15) is 30.7 Å². The Morgan fingerprint density at radius 3 is 2.93 bits per heavy atom. The Labute approximate surface area is 94.3 Å². The summed E-state index contributed by atoms with van der Waals surface area (Å²) in [5.74, 6) is 1.30. The number of rotatable bonds is 3. The summed E-state index contributed by atoms with van der Waals surface area (Å²) in [6.07, 6.45) is 4.64. The Morgan fingerprint density at radius 1 is 1.47 bits per heavy atom. The molecule has 1 unspecified atom stereocenters. The first kappa shape index (κ1) is 10.2. The number of imidazole rings is 1. The van der Waals surface area contributed by atoms with Crippen LogP contribution in [0.25, 0.3) is 0 Å². The average molecular weight is 221 g/mol. The lowest BCUT2D eigenvalue weighted by atomic mass is 9.96. The standard InChI is InChI=1S/C12H13ClN2/c1-2-11(12-14-6-7-15-12)9-4-3-5-10(13)8-9/h3-8,11H,2H2,1H3,(H,14,15). The molecule has 1 aromatic carbocycles. The maximum absolute atomic E-state index is 5.98. The first-order chi connectivity index (χ1) is 7.31. The van der Waals surface area contributed by atoms with E-state index in [1.165, 1.54) is 5.56 Å². The third kappa shape index (κ3) is 2.21. The normalized spacial score (nSPS) is 12.7. The predicted molar refractivity (Wildman–Crippen MR) is 62.2 cm³/mol. The van der Waals surface area contributed by atoms with Crippen molar-refractivity contribution in [2.45, 2.75) is 19.3 Å². The fraction of sp³-hybridized carbons (Fsp3) is 0.250. The lowest BCUT2D eigenvalue weighted by molar-refractivity contribution is 0.729. The maximum Gasteiger partial charge on any atom is 0.113 e. The number of nitrogens with zero attached hydrogens (tertiary/aromatic N) is 1. The van der Waals surface area contributed by atoms with Crippen LogP contribution < -0.4 is 0 Å². The molecule has 2 nitrogen and oxygen atoms in total. The zero-order valence-corrected chi connectivity index (χ0v) is 9.33. The molecule has 0 saturated heterocycles. The van der Waals surface area contributed by atoms with Crippen molar-refractivity contribution in [1.82, 2.24) is 9.97 Å². The molecule has 0 aliphatic heterocycles. The highest BCUT2D eigenvalue weighted by Crippen LogP contribution is 2.26. The molecule has 0 bridgehead atoms. The van der Waals surface area contributed by atoms with Gasteiger partial charge in [-0.1, -0.05) is 30.7 Å². The first-order valence-corrected chi connectivity index (χ1v) is 5.43. The summed E-state index contributed by atoms with van der Waals surface area (Å²) >= 11 is 5.98. The molecule has 78 valence electrons. The lowest BCUT2D eigenvalue weighted by Crippen LogP contribution is -2.01. The van der Waals surface area contributed by atoms with Crippen molar-refractivity contribution in [3.8, 4) is 0 Å². The fourth-order valence-electron chi connectivity index (χ4n) is 1.78. The van der Waals surface area contributed by atoms with Gasteiger partial charge in [-0.15, -0.1) is 0 Å². The van der Waals surface area contributed by atoms with Crippen molar-refractivity contribution in [2.24, 2.45) is 0 Å². The summed E-state index contributed by atoms with van der Waals surface area (Å²) in [5, 5.41) is 0.775. The van der Waals surface area contributed by atoms with Crippen LogP contribution >= 0.6 is 11.6 Å². The first-order valence-electron chi connectivity index (χ1n) is 5.06. The summed E-state index contributed by atoms with van der Waals surface area (Å²) in [4.78, 5) is 7.45. The van der Waals surface area contributed by atoms with Gasteiger partial charge in [0.2, 0.25) is 0 Å². The van der Waals surface area contributed by atoms with Gasteiger partial charge < -0.3 is 4.98 Å². The monoisotopic (exact) mass is 220 g/mol. The van der Waals surface area contributed by atoms with E-state index in [4.69, 9.17) is 11.6 Å². The van der Waals surface area contributed by atoms with Crippen molar-refractivity contribution >= 4 is 11.6 Å². The van der Waals surface area contributed by atoms with Gasteiger partial charge in [-0.2, -0.15) is 0 Å². The summed E-state index contributed by atoms with van der Waals surface area (Å²) in [6.45, 7) is 2.15. The van der Waals surface area contributed by atoms with Gasteiger partial charge in [0.15, 0.2) is 0 Å². The van der Waals surface area contributed by atoms with Gasteiger partial charge in [0.05, 0.1) is 0 Å². The summed E-state index contributed by atoms with van der Waals surface area (Å²) in [6, 6.07) is 7.95. The zero-order valence-electron chi connectivity index (χ0n) is 8.57. The van der Waals surface area contributed by atoms with E-state index in [1.54, 1.807) is 6.20 Å². The second-order valence-electron chi connectivity index (χ2n) is 3.49. The number of hydrogen-bond donors (Lipinski definition) is 1. The van der Waals surface area contributed by atoms with Gasteiger partial charge in [0.25, 0.3) is 0 Å². The fourth-order valence-corrected chi connectivity index (χ4v) is 1.98. The van der Waals surface area contributed by atoms with Gasteiger partial charge >= 0.3 is 0 Å². The molecule has 1 heterocycles. The molecule has 1 aromatic heterocycles. The predicted octanol–water partition coefficient (Wildman–Crippen LogP) is 3.61. The van der Waals surface area contributed by atoms with E-state index in [-0.39, 0.29) is 0 Å². The average Bonchev–Trinajstić information content (AvgIpc) is 2.72. The van der Waals surface area contributed by atoms with Crippen molar-refractivity contribution in [3.63, 3.8) is 0 Å². The minimum atomic E-state index is 0.304. The van der Waals surface area contributed by atoms with Crippen LogP contribution in [-0.2, 0) is 0 Å². The second kappa shape index (κ2) is 4.49. The van der Waals surface area contributed by atoms with Crippen molar-refractivity contribution in [3.05, 3.63) is 53.1 Å². The molecule has 2 aromatic rings. The van der Waals surface area contributed by atoms with E-state index in [0.29, 0.717) is 5.92 Å². The molecular weight excluding hydrogens is 208 g/mol. The Bertz CT molecular complexity index is 423. The van der Waals surface area contributed by atoms with Gasteiger partial charge in [0, 0.05) is 23.3 Å². The number of halogens is 1. The SMILES string of the molecule is CCC(c1cccc(Cl)c1)c1ncc[nH]1. The summed E-state index contributed by atoms with van der Waals surface area (Å²) in [7, 11) is 0. The molecule has 15 heavy (non-hydrogen) atoms. The molecule has 0 spiro atoms. The van der Waals surface area contributed by atoms with Gasteiger partial charge in [-0.3, -0.25) is 0 Å². The highest BCUT2D eigenvalue weighted by atomic mass is 35.5. The quantitative estimate of drug-likeness (QED) is 0.841. The van der Waals surface area contributed by atoms with E-state index in [9.17, 15) is 0 Å². The molecule has 0 aliphatic rings. The lowest BCUT2D eigenvalue weighted by Gasteiger charge is -2.12. The number of nitrogens with one attached hydrogen (secondary N) is 1. The largest absolute Gasteiger partial charge is 0.348 e. The molecule has 0 amide bonds. The number of H-pyrrole nitrogens is 1. The molecular formula is C12H13ClN2. The minimum absolute atomic E-state index is 0.304. The van der Waals surface area contributed by atoms with Crippen LogP contribution in [0.3, 0.4) is 0 Å². The molecule has 1 atom stereocenters. The van der Waals surface area contributed by atoms with E-state index in [1.807, 2.05) is 24.4 Å². The van der Waals surface area contributed by atoms with Gasteiger partial charge in [0.1, 0.15) is 5.82 Å². The molecule has 3 heteroatoms. The van der Waals surface area contributed by atoms with E-state index >= 15 is 0 Å². The topological polar surface area (TPSA) is 28.7 Å². The number of aromatic nitrogens is 2. The molecule has 0 radical (unpaired) electrons. The summed E-state index contributed by atoms with van der Waals surface area (Å²) < 4.78 is 0. The molecule has 0 fully saturated rings. The van der Waals surface area contributed by atoms with Crippen molar-refractivity contribution in [1.29, 1.82) is 0 Å². The highest BCUT2D eigenvalue weighted by Gasteiger charge is 2.14. The zero-order chi connectivity index (χ0) is 10.7. The van der Waals surface area contributed by atoms with E-state index in [2.05, 4.69) is 23.0 Å². The Hall–Kier alpha value is -1.28. The van der Waals surface area contributed by atoms with Crippen LogP contribution in [0.4, 0.5) is 0 Å². The second-order valence-corrected chi connectivity index (χ2v) is 3.93. The van der Waals surface area contributed by atoms with E-state index < -0.39 is 0 Å². The van der Waals surface area contributed by atoms with Crippen molar-refractivity contribution in [2.75, 3.05) is 0 Å². The van der Waals surface area contributed by atoms with Gasteiger partial charge in [-0.05, 0) is 24.1 Å². The molecule has 0 aliphatic carbocycles. The Kier molecular flexibility index (Phi) is 3.07. The number of hydrogen-bond acceptors (Lipinski definition) is 1. The third-order valence-corrected chi connectivity index (χ3v) is 2.74. The van der Waals surface area contributed by atoms with Crippen LogP contribution in [0.2, 0.25) is 5.02 Å². The van der Waals surface area contributed by atoms with Crippen LogP contribution in [0.5, 0.6) is 0 Å². The number of aromatic amines is 1. The maximum atomic E-state index is 5.98. The van der Waals surface area contributed by atoms with Crippen LogP contribution in [0.15, 0.2) is 36.7 Å². The van der Waals surface area contributed by atoms with Crippen LogP contribution in [0, 0.1) is 0 Å². The minimum Gasteiger partial charge on any atom is -0.348 e. The van der Waals surface area contributed by atoms with Gasteiger partial charge in [-0.25, -0.2) is 4.98 Å². The Balaban J connectivity index is 2.35. The molecule has 2 rings (SSSR count). The number of benzene rings is 1. The summed E-state index contributed by atoms with van der Waals surface area (Å²) in [5.41, 5.74) is 1.21. The highest BCUT2D eigenvalue weighted by molar-refractivity contribution is 6.30. The van der Waals surface area contributed by atoms with Crippen LogP contribution in [-0.4, -0.2) is 9.97 Å². The molecule has 1 N–H and O–H groups in total. The molecule has 0 saturated carbocycles. The van der Waals surface area contributed by atoms with Crippen molar-refractivity contribution < 1.29 is 0 Å². The Morgan fingerprint density at radius 2 is 2.33 bits per heavy atom.